The Bertz CT molecular complexity index is 1080. The lowest BCUT2D eigenvalue weighted by Gasteiger charge is -2.39. The van der Waals surface area contributed by atoms with E-state index in [4.69, 9.17) is 16.3 Å². The van der Waals surface area contributed by atoms with Gasteiger partial charge in [0, 0.05) is 43.8 Å². The van der Waals surface area contributed by atoms with Gasteiger partial charge in [-0.2, -0.15) is 0 Å². The third-order valence-corrected chi connectivity index (χ3v) is 5.95. The zero-order valence-electron chi connectivity index (χ0n) is 18.5. The number of amides is 2. The zero-order valence-corrected chi connectivity index (χ0v) is 19.3. The number of urea groups is 1. The molecule has 1 saturated heterocycles. The molecule has 4 rings (SSSR count). The zero-order chi connectivity index (χ0) is 23.2. The van der Waals surface area contributed by atoms with Crippen molar-refractivity contribution in [3.05, 3.63) is 94.8 Å². The fraction of sp³-hybridized carbons (Fsp3) is 0.269. The summed E-state index contributed by atoms with van der Waals surface area (Å²) in [6.07, 6.45) is 0. The molecule has 1 N–H and O–H groups in total. The van der Waals surface area contributed by atoms with E-state index >= 15 is 0 Å². The third-order valence-electron chi connectivity index (χ3n) is 5.70. The normalized spacial score (nSPS) is 16.5. The van der Waals surface area contributed by atoms with E-state index in [0.29, 0.717) is 30.4 Å². The highest BCUT2D eigenvalue weighted by Crippen LogP contribution is 2.26. The Hall–Kier alpha value is -3.09. The van der Waals surface area contributed by atoms with E-state index in [-0.39, 0.29) is 17.8 Å². The highest BCUT2D eigenvalue weighted by atomic mass is 35.5. The number of hydrogen-bond acceptors (Lipinski definition) is 3. The lowest BCUT2D eigenvalue weighted by atomic mass is 10.1. The van der Waals surface area contributed by atoms with Crippen LogP contribution in [0.4, 0.5) is 9.18 Å². The predicted molar refractivity (Wildman–Crippen MR) is 128 cm³/mol. The van der Waals surface area contributed by atoms with E-state index in [1.807, 2.05) is 54.3 Å². The standard InChI is InChI=1S/C26H27ClFN3O2/c1-19-17-30(13-14-31(19)26(32)29-16-20-7-10-22(27)11-8-20)18-21-9-12-24(28)25(15-21)33-23-5-3-2-4-6-23/h2-12,15,19H,13-14,16-18H2,1H3,(H,29,32)/t19-/m1/s1. The van der Waals surface area contributed by atoms with E-state index in [1.54, 1.807) is 24.3 Å². The molecule has 0 aliphatic carbocycles. The first-order chi connectivity index (χ1) is 16.0. The van der Waals surface area contributed by atoms with Crippen molar-refractivity contribution in [3.8, 4) is 11.5 Å². The van der Waals surface area contributed by atoms with Gasteiger partial charge in [0.15, 0.2) is 11.6 Å². The van der Waals surface area contributed by atoms with Gasteiger partial charge >= 0.3 is 6.03 Å². The van der Waals surface area contributed by atoms with Crippen molar-refractivity contribution < 1.29 is 13.9 Å². The number of carbonyl (C=O) groups excluding carboxylic acids is 1. The number of ether oxygens (including phenoxy) is 1. The number of halogens is 2. The summed E-state index contributed by atoms with van der Waals surface area (Å²) in [6, 6.07) is 21.6. The van der Waals surface area contributed by atoms with Gasteiger partial charge in [-0.25, -0.2) is 9.18 Å². The van der Waals surface area contributed by atoms with E-state index in [0.717, 1.165) is 24.2 Å². The van der Waals surface area contributed by atoms with Gasteiger partial charge < -0.3 is 15.0 Å². The Kier molecular flexibility index (Phi) is 7.47. The molecule has 1 fully saturated rings. The maximum Gasteiger partial charge on any atom is 0.317 e. The van der Waals surface area contributed by atoms with Crippen LogP contribution in [0.2, 0.25) is 5.02 Å². The molecule has 0 unspecified atom stereocenters. The van der Waals surface area contributed by atoms with Gasteiger partial charge in [0.1, 0.15) is 5.75 Å². The predicted octanol–water partition coefficient (Wildman–Crippen LogP) is 5.69. The minimum absolute atomic E-state index is 0.0597. The highest BCUT2D eigenvalue weighted by molar-refractivity contribution is 6.30. The summed E-state index contributed by atoms with van der Waals surface area (Å²) >= 11 is 5.91. The molecular formula is C26H27ClFN3O2. The number of para-hydroxylation sites is 1. The second kappa shape index (κ2) is 10.7. The molecule has 0 saturated carbocycles. The lowest BCUT2D eigenvalue weighted by Crippen LogP contribution is -2.56. The van der Waals surface area contributed by atoms with E-state index < -0.39 is 5.82 Å². The van der Waals surface area contributed by atoms with E-state index in [9.17, 15) is 9.18 Å². The largest absolute Gasteiger partial charge is 0.454 e. The summed E-state index contributed by atoms with van der Waals surface area (Å²) in [5.74, 6) is 0.422. The first-order valence-corrected chi connectivity index (χ1v) is 11.4. The summed E-state index contributed by atoms with van der Waals surface area (Å²) in [7, 11) is 0. The maximum absolute atomic E-state index is 14.3. The van der Waals surface area contributed by atoms with Crippen LogP contribution in [0.1, 0.15) is 18.1 Å². The number of rotatable bonds is 6. The van der Waals surface area contributed by atoms with Crippen molar-refractivity contribution in [1.29, 1.82) is 0 Å². The van der Waals surface area contributed by atoms with Crippen LogP contribution in [0.3, 0.4) is 0 Å². The molecule has 3 aromatic carbocycles. The average molecular weight is 468 g/mol. The molecule has 1 atom stereocenters. The fourth-order valence-corrected chi connectivity index (χ4v) is 4.08. The van der Waals surface area contributed by atoms with Crippen molar-refractivity contribution in [3.63, 3.8) is 0 Å². The Balaban J connectivity index is 1.31. The Morgan fingerprint density at radius 1 is 1.06 bits per heavy atom. The smallest absolute Gasteiger partial charge is 0.317 e. The molecule has 1 heterocycles. The van der Waals surface area contributed by atoms with E-state index in [1.165, 1.54) is 6.07 Å². The number of carbonyl (C=O) groups is 1. The molecule has 3 aromatic rings. The molecule has 0 bridgehead atoms. The van der Waals surface area contributed by atoms with Gasteiger partial charge in [-0.1, -0.05) is 48.0 Å². The number of benzene rings is 3. The molecule has 2 amide bonds. The first-order valence-electron chi connectivity index (χ1n) is 11.0. The summed E-state index contributed by atoms with van der Waals surface area (Å²) in [5.41, 5.74) is 1.97. The minimum Gasteiger partial charge on any atom is -0.454 e. The lowest BCUT2D eigenvalue weighted by molar-refractivity contribution is 0.0973. The molecule has 7 heteroatoms. The van der Waals surface area contributed by atoms with Crippen LogP contribution in [0.5, 0.6) is 11.5 Å². The minimum atomic E-state index is -0.391. The van der Waals surface area contributed by atoms with Crippen molar-refractivity contribution in [2.75, 3.05) is 19.6 Å². The van der Waals surface area contributed by atoms with Crippen LogP contribution >= 0.6 is 11.6 Å². The monoisotopic (exact) mass is 467 g/mol. The SMILES string of the molecule is C[C@@H]1CN(Cc2ccc(F)c(Oc3ccccc3)c2)CCN1C(=O)NCc1ccc(Cl)cc1. The van der Waals surface area contributed by atoms with E-state index in [2.05, 4.69) is 10.2 Å². The van der Waals surface area contributed by atoms with Gasteiger partial charge in [0.05, 0.1) is 0 Å². The van der Waals surface area contributed by atoms with Gasteiger partial charge in [0.25, 0.3) is 0 Å². The maximum atomic E-state index is 14.3. The molecule has 0 aromatic heterocycles. The van der Waals surface area contributed by atoms with Crippen molar-refractivity contribution in [2.45, 2.75) is 26.1 Å². The van der Waals surface area contributed by atoms with Crippen LogP contribution in [0.15, 0.2) is 72.8 Å². The molecule has 5 nitrogen and oxygen atoms in total. The van der Waals surface area contributed by atoms with Crippen LogP contribution in [-0.2, 0) is 13.1 Å². The van der Waals surface area contributed by atoms with Gasteiger partial charge in [-0.3, -0.25) is 4.90 Å². The van der Waals surface area contributed by atoms with Crippen LogP contribution in [-0.4, -0.2) is 41.5 Å². The topological polar surface area (TPSA) is 44.8 Å². The quantitative estimate of drug-likeness (QED) is 0.506. The molecular weight excluding hydrogens is 441 g/mol. The van der Waals surface area contributed by atoms with Crippen molar-refractivity contribution in [2.24, 2.45) is 0 Å². The van der Waals surface area contributed by atoms with Gasteiger partial charge in [-0.15, -0.1) is 0 Å². The number of piperazine rings is 1. The number of nitrogens with one attached hydrogen (secondary N) is 1. The van der Waals surface area contributed by atoms with Gasteiger partial charge in [-0.05, 0) is 54.4 Å². The van der Waals surface area contributed by atoms with Crippen molar-refractivity contribution in [1.82, 2.24) is 15.1 Å². The third kappa shape index (κ3) is 6.24. The van der Waals surface area contributed by atoms with Gasteiger partial charge in [0.2, 0.25) is 0 Å². The summed E-state index contributed by atoms with van der Waals surface area (Å²) in [6.45, 7) is 5.27. The Morgan fingerprint density at radius 2 is 1.79 bits per heavy atom. The Morgan fingerprint density at radius 3 is 2.52 bits per heavy atom. The van der Waals surface area contributed by atoms with Crippen molar-refractivity contribution >= 4 is 17.6 Å². The first kappa shape index (κ1) is 23.1. The molecule has 33 heavy (non-hydrogen) atoms. The van der Waals surface area contributed by atoms with Crippen LogP contribution in [0, 0.1) is 5.82 Å². The molecule has 172 valence electrons. The Labute approximate surface area is 198 Å². The molecule has 0 radical (unpaired) electrons. The highest BCUT2D eigenvalue weighted by Gasteiger charge is 2.27. The second-order valence-corrected chi connectivity index (χ2v) is 8.68. The fourth-order valence-electron chi connectivity index (χ4n) is 3.96. The second-order valence-electron chi connectivity index (χ2n) is 8.24. The van der Waals surface area contributed by atoms with Crippen LogP contribution in [0.25, 0.3) is 0 Å². The summed E-state index contributed by atoms with van der Waals surface area (Å²) < 4.78 is 20.0. The summed E-state index contributed by atoms with van der Waals surface area (Å²) in [4.78, 5) is 16.8. The molecule has 0 spiro atoms. The summed E-state index contributed by atoms with van der Waals surface area (Å²) in [5, 5.41) is 3.66. The number of nitrogens with zero attached hydrogens (tertiary/aromatic N) is 2. The van der Waals surface area contributed by atoms with Crippen LogP contribution < -0.4 is 10.1 Å². The molecule has 1 aliphatic rings. The molecule has 1 aliphatic heterocycles. The number of hydrogen-bond donors (Lipinski definition) is 1. The average Bonchev–Trinajstić information content (AvgIpc) is 2.81.